The zero-order valence-corrected chi connectivity index (χ0v) is 11.4. The zero-order chi connectivity index (χ0) is 13.1. The van der Waals surface area contributed by atoms with Crippen LogP contribution in [0.25, 0.3) is 0 Å². The molecule has 102 valence electrons. The monoisotopic (exact) mass is 258 g/mol. The molecule has 0 radical (unpaired) electrons. The molecule has 1 aliphatic heterocycles. The number of carbonyl (C=O) groups is 1. The second-order valence-electron chi connectivity index (χ2n) is 5.63. The molecule has 3 rings (SSSR count). The molecule has 1 amide bonds. The molecule has 1 saturated heterocycles. The van der Waals surface area contributed by atoms with Gasteiger partial charge in [-0.05, 0) is 31.4 Å². The van der Waals surface area contributed by atoms with E-state index in [4.69, 9.17) is 0 Å². The normalized spacial score (nSPS) is 20.8. The first-order valence-corrected chi connectivity index (χ1v) is 7.43. The summed E-state index contributed by atoms with van der Waals surface area (Å²) >= 11 is 0. The summed E-state index contributed by atoms with van der Waals surface area (Å²) in [5.74, 6) is 0.740. The van der Waals surface area contributed by atoms with E-state index >= 15 is 0 Å². The molecular formula is C16H22N2O. The van der Waals surface area contributed by atoms with E-state index in [9.17, 15) is 4.79 Å². The standard InChI is InChI=1S/C16H22N2O/c19-16(14-6-4-7-14)18-11-5-10-17(12-13-18)15-8-2-1-3-9-15/h1-3,8-9,14H,4-7,10-13H2. The Morgan fingerprint density at radius 2 is 1.74 bits per heavy atom. The molecule has 0 bridgehead atoms. The molecule has 1 saturated carbocycles. The van der Waals surface area contributed by atoms with E-state index < -0.39 is 0 Å². The van der Waals surface area contributed by atoms with Gasteiger partial charge in [-0.1, -0.05) is 24.6 Å². The number of carbonyl (C=O) groups excluding carboxylic acids is 1. The Bertz CT molecular complexity index is 428. The molecule has 1 heterocycles. The summed E-state index contributed by atoms with van der Waals surface area (Å²) in [5.41, 5.74) is 1.28. The molecule has 0 unspecified atom stereocenters. The molecule has 1 aromatic rings. The lowest BCUT2D eigenvalue weighted by molar-refractivity contribution is -0.137. The van der Waals surface area contributed by atoms with Crippen molar-refractivity contribution in [1.82, 2.24) is 4.90 Å². The van der Waals surface area contributed by atoms with Gasteiger partial charge in [-0.3, -0.25) is 4.79 Å². The van der Waals surface area contributed by atoms with Crippen LogP contribution in [0.15, 0.2) is 30.3 Å². The highest BCUT2D eigenvalue weighted by molar-refractivity contribution is 5.79. The lowest BCUT2D eigenvalue weighted by Crippen LogP contribution is -2.41. The third-order valence-electron chi connectivity index (χ3n) is 4.38. The van der Waals surface area contributed by atoms with Crippen LogP contribution < -0.4 is 4.90 Å². The Labute approximate surface area is 115 Å². The van der Waals surface area contributed by atoms with E-state index in [1.165, 1.54) is 12.1 Å². The molecule has 3 heteroatoms. The highest BCUT2D eigenvalue weighted by Gasteiger charge is 2.30. The van der Waals surface area contributed by atoms with Gasteiger partial charge in [0, 0.05) is 37.8 Å². The zero-order valence-electron chi connectivity index (χ0n) is 11.4. The molecular weight excluding hydrogens is 236 g/mol. The number of rotatable bonds is 2. The summed E-state index contributed by atoms with van der Waals surface area (Å²) in [6, 6.07) is 10.5. The molecule has 0 atom stereocenters. The topological polar surface area (TPSA) is 23.6 Å². The third-order valence-corrected chi connectivity index (χ3v) is 4.38. The van der Waals surface area contributed by atoms with E-state index in [1.807, 2.05) is 6.07 Å². The molecule has 1 aliphatic carbocycles. The first kappa shape index (κ1) is 12.5. The van der Waals surface area contributed by atoms with Crippen LogP contribution in [0.1, 0.15) is 25.7 Å². The van der Waals surface area contributed by atoms with Gasteiger partial charge in [0.15, 0.2) is 0 Å². The average Bonchev–Trinajstić information content (AvgIpc) is 2.63. The smallest absolute Gasteiger partial charge is 0.225 e. The van der Waals surface area contributed by atoms with Crippen LogP contribution in [-0.2, 0) is 4.79 Å². The van der Waals surface area contributed by atoms with Crippen molar-refractivity contribution in [1.29, 1.82) is 0 Å². The maximum Gasteiger partial charge on any atom is 0.225 e. The maximum atomic E-state index is 12.3. The van der Waals surface area contributed by atoms with E-state index in [1.54, 1.807) is 0 Å². The molecule has 2 aliphatic rings. The fourth-order valence-corrected chi connectivity index (χ4v) is 2.95. The number of nitrogens with zero attached hydrogens (tertiary/aromatic N) is 2. The van der Waals surface area contributed by atoms with E-state index in [2.05, 4.69) is 34.1 Å². The number of para-hydroxylation sites is 1. The summed E-state index contributed by atoms with van der Waals surface area (Å²) in [7, 11) is 0. The molecule has 0 aromatic heterocycles. The molecule has 19 heavy (non-hydrogen) atoms. The van der Waals surface area contributed by atoms with Gasteiger partial charge in [-0.25, -0.2) is 0 Å². The fourth-order valence-electron chi connectivity index (χ4n) is 2.95. The average molecular weight is 258 g/mol. The predicted molar refractivity (Wildman–Crippen MR) is 77.2 cm³/mol. The van der Waals surface area contributed by atoms with Crippen LogP contribution in [0.5, 0.6) is 0 Å². The lowest BCUT2D eigenvalue weighted by atomic mass is 9.84. The van der Waals surface area contributed by atoms with Gasteiger partial charge in [0.1, 0.15) is 0 Å². The van der Waals surface area contributed by atoms with Crippen molar-refractivity contribution >= 4 is 11.6 Å². The number of amides is 1. The van der Waals surface area contributed by atoms with Gasteiger partial charge in [0.25, 0.3) is 0 Å². The number of benzene rings is 1. The third kappa shape index (κ3) is 2.75. The van der Waals surface area contributed by atoms with Gasteiger partial charge >= 0.3 is 0 Å². The van der Waals surface area contributed by atoms with Gasteiger partial charge < -0.3 is 9.80 Å². The van der Waals surface area contributed by atoms with Gasteiger partial charge in [0.2, 0.25) is 5.91 Å². The fraction of sp³-hybridized carbons (Fsp3) is 0.562. The summed E-state index contributed by atoms with van der Waals surface area (Å²) in [5, 5.41) is 0. The van der Waals surface area contributed by atoms with Crippen LogP contribution in [-0.4, -0.2) is 37.0 Å². The molecule has 0 spiro atoms. The molecule has 0 N–H and O–H groups in total. The first-order chi connectivity index (χ1) is 9.34. The summed E-state index contributed by atoms with van der Waals surface area (Å²) in [6.07, 6.45) is 4.53. The summed E-state index contributed by atoms with van der Waals surface area (Å²) in [4.78, 5) is 16.8. The Kier molecular flexibility index (Phi) is 3.72. The maximum absolute atomic E-state index is 12.3. The van der Waals surface area contributed by atoms with Crippen LogP contribution >= 0.6 is 0 Å². The summed E-state index contributed by atoms with van der Waals surface area (Å²) in [6.45, 7) is 3.82. The quantitative estimate of drug-likeness (QED) is 0.814. The first-order valence-electron chi connectivity index (χ1n) is 7.43. The van der Waals surface area contributed by atoms with Crippen molar-refractivity contribution < 1.29 is 4.79 Å². The van der Waals surface area contributed by atoms with E-state index in [0.29, 0.717) is 11.8 Å². The lowest BCUT2D eigenvalue weighted by Gasteiger charge is -2.31. The Morgan fingerprint density at radius 1 is 0.947 bits per heavy atom. The predicted octanol–water partition coefficient (Wildman–Crippen LogP) is 2.53. The highest BCUT2D eigenvalue weighted by Crippen LogP contribution is 2.28. The highest BCUT2D eigenvalue weighted by atomic mass is 16.2. The summed E-state index contributed by atoms with van der Waals surface area (Å²) < 4.78 is 0. The molecule has 1 aromatic carbocycles. The van der Waals surface area contributed by atoms with Crippen molar-refractivity contribution in [3.05, 3.63) is 30.3 Å². The number of hydrogen-bond donors (Lipinski definition) is 0. The van der Waals surface area contributed by atoms with E-state index in [0.717, 1.165) is 45.4 Å². The minimum atomic E-state index is 0.336. The van der Waals surface area contributed by atoms with Crippen molar-refractivity contribution in [3.63, 3.8) is 0 Å². The van der Waals surface area contributed by atoms with Gasteiger partial charge in [-0.2, -0.15) is 0 Å². The minimum absolute atomic E-state index is 0.336. The van der Waals surface area contributed by atoms with Crippen LogP contribution in [0.3, 0.4) is 0 Å². The second-order valence-corrected chi connectivity index (χ2v) is 5.63. The number of hydrogen-bond acceptors (Lipinski definition) is 2. The van der Waals surface area contributed by atoms with Crippen molar-refractivity contribution in [2.75, 3.05) is 31.1 Å². The van der Waals surface area contributed by atoms with Crippen molar-refractivity contribution in [2.45, 2.75) is 25.7 Å². The largest absolute Gasteiger partial charge is 0.370 e. The Morgan fingerprint density at radius 3 is 2.42 bits per heavy atom. The van der Waals surface area contributed by atoms with E-state index in [-0.39, 0.29) is 0 Å². The van der Waals surface area contributed by atoms with Gasteiger partial charge in [0.05, 0.1) is 0 Å². The second kappa shape index (κ2) is 5.64. The Balaban J connectivity index is 1.61. The Hall–Kier alpha value is -1.51. The van der Waals surface area contributed by atoms with Gasteiger partial charge in [-0.15, -0.1) is 0 Å². The van der Waals surface area contributed by atoms with Crippen molar-refractivity contribution in [3.8, 4) is 0 Å². The van der Waals surface area contributed by atoms with Crippen LogP contribution in [0.4, 0.5) is 5.69 Å². The SMILES string of the molecule is O=C(C1CCC1)N1CCCN(c2ccccc2)CC1. The van der Waals surface area contributed by atoms with Crippen LogP contribution in [0, 0.1) is 5.92 Å². The van der Waals surface area contributed by atoms with Crippen molar-refractivity contribution in [2.24, 2.45) is 5.92 Å². The molecule has 3 nitrogen and oxygen atoms in total. The minimum Gasteiger partial charge on any atom is -0.370 e. The molecule has 2 fully saturated rings. The number of anilines is 1. The van der Waals surface area contributed by atoms with Crippen LogP contribution in [0.2, 0.25) is 0 Å².